The monoisotopic (exact) mass is 330 g/mol. The molecule has 0 aliphatic rings. The van der Waals surface area contributed by atoms with Gasteiger partial charge in [0.2, 0.25) is 5.91 Å². The molecule has 2 amide bonds. The van der Waals surface area contributed by atoms with Gasteiger partial charge < -0.3 is 9.80 Å². The Balaban J connectivity index is 2.95. The third-order valence-electron chi connectivity index (χ3n) is 3.22. The van der Waals surface area contributed by atoms with Crippen LogP contribution in [0.4, 0.5) is 13.2 Å². The molecule has 0 fully saturated rings. The molecule has 0 aliphatic carbocycles. The average Bonchev–Trinajstić information content (AvgIpc) is 2.45. The minimum Gasteiger partial charge on any atom is -0.347 e. The molecule has 23 heavy (non-hydrogen) atoms. The molecule has 0 bridgehead atoms. The number of nitrogens with zero attached hydrogens (tertiary/aromatic N) is 2. The summed E-state index contributed by atoms with van der Waals surface area (Å²) in [5, 5.41) is 0. The summed E-state index contributed by atoms with van der Waals surface area (Å²) in [5.41, 5.74) is 1.15. The molecular weight excluding hydrogens is 309 g/mol. The molecule has 0 saturated carbocycles. The Morgan fingerprint density at radius 1 is 1.09 bits per heavy atom. The van der Waals surface area contributed by atoms with E-state index >= 15 is 0 Å². The van der Waals surface area contributed by atoms with Crippen LogP contribution in [0.15, 0.2) is 24.3 Å². The SMILES string of the molecule is CCCc1ccc(C(=O)N(CC(=O)N(C)C)CC(F)(F)F)cc1. The molecule has 7 heteroatoms. The summed E-state index contributed by atoms with van der Waals surface area (Å²) in [4.78, 5) is 25.7. The van der Waals surface area contributed by atoms with Crippen LogP contribution in [0.3, 0.4) is 0 Å². The van der Waals surface area contributed by atoms with Crippen molar-refractivity contribution in [3.05, 3.63) is 35.4 Å². The Morgan fingerprint density at radius 3 is 2.09 bits per heavy atom. The van der Waals surface area contributed by atoms with Gasteiger partial charge in [-0.05, 0) is 24.1 Å². The fraction of sp³-hybridized carbons (Fsp3) is 0.500. The summed E-state index contributed by atoms with van der Waals surface area (Å²) in [6.07, 6.45) is -2.80. The highest BCUT2D eigenvalue weighted by molar-refractivity contribution is 5.96. The second-order valence-electron chi connectivity index (χ2n) is 5.51. The van der Waals surface area contributed by atoms with Crippen molar-refractivity contribution in [2.45, 2.75) is 25.9 Å². The minimum atomic E-state index is -4.57. The van der Waals surface area contributed by atoms with Gasteiger partial charge in [0.1, 0.15) is 13.1 Å². The van der Waals surface area contributed by atoms with E-state index in [1.165, 1.54) is 26.2 Å². The third-order valence-corrected chi connectivity index (χ3v) is 3.22. The van der Waals surface area contributed by atoms with Crippen molar-refractivity contribution in [1.29, 1.82) is 0 Å². The maximum atomic E-state index is 12.7. The number of alkyl halides is 3. The predicted octanol–water partition coefficient (Wildman–Crippen LogP) is 2.73. The van der Waals surface area contributed by atoms with Crippen molar-refractivity contribution in [3.63, 3.8) is 0 Å². The van der Waals surface area contributed by atoms with Gasteiger partial charge in [0, 0.05) is 19.7 Å². The fourth-order valence-corrected chi connectivity index (χ4v) is 2.01. The lowest BCUT2D eigenvalue weighted by Gasteiger charge is -2.25. The van der Waals surface area contributed by atoms with Gasteiger partial charge in [0.05, 0.1) is 0 Å². The Hall–Kier alpha value is -2.05. The highest BCUT2D eigenvalue weighted by atomic mass is 19.4. The molecule has 0 N–H and O–H groups in total. The number of amides is 2. The van der Waals surface area contributed by atoms with E-state index in [-0.39, 0.29) is 5.56 Å². The normalized spacial score (nSPS) is 11.2. The molecule has 128 valence electrons. The Kier molecular flexibility index (Phi) is 6.60. The number of aryl methyl sites for hydroxylation is 1. The Morgan fingerprint density at radius 2 is 1.65 bits per heavy atom. The average molecular weight is 330 g/mol. The van der Waals surface area contributed by atoms with E-state index in [1.54, 1.807) is 12.1 Å². The maximum Gasteiger partial charge on any atom is 0.406 e. The number of halogens is 3. The van der Waals surface area contributed by atoms with E-state index in [0.717, 1.165) is 23.3 Å². The Bertz CT molecular complexity index is 539. The van der Waals surface area contributed by atoms with Gasteiger partial charge in [-0.2, -0.15) is 13.2 Å². The van der Waals surface area contributed by atoms with Crippen LogP contribution in [0.5, 0.6) is 0 Å². The third kappa shape index (κ3) is 6.30. The molecule has 0 atom stereocenters. The Labute approximate surface area is 133 Å². The van der Waals surface area contributed by atoms with E-state index in [4.69, 9.17) is 0 Å². The largest absolute Gasteiger partial charge is 0.406 e. The lowest BCUT2D eigenvalue weighted by Crippen LogP contribution is -2.44. The summed E-state index contributed by atoms with van der Waals surface area (Å²) < 4.78 is 38.0. The van der Waals surface area contributed by atoms with Crippen LogP contribution in [0, 0.1) is 0 Å². The van der Waals surface area contributed by atoms with Crippen LogP contribution in [0.25, 0.3) is 0 Å². The number of likely N-dealkylation sites (N-methyl/N-ethyl adjacent to an activating group) is 1. The van der Waals surface area contributed by atoms with Crippen molar-refractivity contribution in [3.8, 4) is 0 Å². The number of benzene rings is 1. The van der Waals surface area contributed by atoms with Gasteiger partial charge in [-0.25, -0.2) is 0 Å². The van der Waals surface area contributed by atoms with Crippen LogP contribution in [0.2, 0.25) is 0 Å². The van der Waals surface area contributed by atoms with Gasteiger partial charge in [0.25, 0.3) is 5.91 Å². The molecule has 0 unspecified atom stereocenters. The van der Waals surface area contributed by atoms with Gasteiger partial charge >= 0.3 is 6.18 Å². The quantitative estimate of drug-likeness (QED) is 0.805. The van der Waals surface area contributed by atoms with Crippen molar-refractivity contribution in [2.24, 2.45) is 0 Å². The molecule has 0 aromatic heterocycles. The molecule has 0 heterocycles. The number of carbonyl (C=O) groups excluding carboxylic acids is 2. The van der Waals surface area contributed by atoms with Gasteiger partial charge in [-0.15, -0.1) is 0 Å². The lowest BCUT2D eigenvalue weighted by molar-refractivity contribution is -0.146. The maximum absolute atomic E-state index is 12.7. The smallest absolute Gasteiger partial charge is 0.347 e. The zero-order valence-corrected chi connectivity index (χ0v) is 13.5. The van der Waals surface area contributed by atoms with Crippen LogP contribution in [-0.2, 0) is 11.2 Å². The van der Waals surface area contributed by atoms with E-state index in [0.29, 0.717) is 4.90 Å². The number of rotatable bonds is 6. The summed E-state index contributed by atoms with van der Waals surface area (Å²) in [6, 6.07) is 6.43. The fourth-order valence-electron chi connectivity index (χ4n) is 2.01. The van der Waals surface area contributed by atoms with Crippen molar-refractivity contribution in [2.75, 3.05) is 27.2 Å². The first-order chi connectivity index (χ1) is 10.6. The molecule has 4 nitrogen and oxygen atoms in total. The number of hydrogen-bond donors (Lipinski definition) is 0. The van der Waals surface area contributed by atoms with Crippen LogP contribution >= 0.6 is 0 Å². The van der Waals surface area contributed by atoms with Crippen LogP contribution < -0.4 is 0 Å². The summed E-state index contributed by atoms with van der Waals surface area (Å²) in [7, 11) is 2.86. The molecule has 0 aliphatic heterocycles. The van der Waals surface area contributed by atoms with Crippen molar-refractivity contribution < 1.29 is 22.8 Å². The van der Waals surface area contributed by atoms with Gasteiger partial charge in [0.15, 0.2) is 0 Å². The van der Waals surface area contributed by atoms with E-state index in [1.807, 2.05) is 6.92 Å². The molecule has 0 saturated heterocycles. The number of hydrogen-bond acceptors (Lipinski definition) is 2. The molecule has 1 rings (SSSR count). The lowest BCUT2D eigenvalue weighted by atomic mass is 10.1. The molecule has 1 aromatic carbocycles. The molecule has 0 radical (unpaired) electrons. The minimum absolute atomic E-state index is 0.139. The van der Waals surface area contributed by atoms with Crippen LogP contribution in [-0.4, -0.2) is 55.0 Å². The first-order valence-electron chi connectivity index (χ1n) is 7.29. The predicted molar refractivity (Wildman–Crippen MR) is 81.1 cm³/mol. The molecule has 0 spiro atoms. The zero-order chi connectivity index (χ0) is 17.6. The topological polar surface area (TPSA) is 40.6 Å². The molecular formula is C16H21F3N2O2. The van der Waals surface area contributed by atoms with Gasteiger partial charge in [-0.1, -0.05) is 25.5 Å². The second kappa shape index (κ2) is 7.99. The summed E-state index contributed by atoms with van der Waals surface area (Å²) in [5.74, 6) is -1.37. The van der Waals surface area contributed by atoms with E-state index in [2.05, 4.69) is 0 Å². The van der Waals surface area contributed by atoms with Gasteiger partial charge in [-0.3, -0.25) is 9.59 Å². The highest BCUT2D eigenvalue weighted by Gasteiger charge is 2.34. The van der Waals surface area contributed by atoms with Crippen LogP contribution in [0.1, 0.15) is 29.3 Å². The van der Waals surface area contributed by atoms with Crippen molar-refractivity contribution >= 4 is 11.8 Å². The standard InChI is InChI=1S/C16H21F3N2O2/c1-4-5-12-6-8-13(9-7-12)15(23)21(11-16(17,18)19)10-14(22)20(2)3/h6-9H,4-5,10-11H2,1-3H3. The summed E-state index contributed by atoms with van der Waals surface area (Å²) >= 11 is 0. The van der Waals surface area contributed by atoms with Crippen molar-refractivity contribution in [1.82, 2.24) is 9.80 Å². The first kappa shape index (κ1) is 19.0. The second-order valence-corrected chi connectivity index (χ2v) is 5.51. The molecule has 1 aromatic rings. The number of carbonyl (C=O) groups is 2. The van der Waals surface area contributed by atoms with E-state index < -0.39 is 31.1 Å². The van der Waals surface area contributed by atoms with E-state index in [9.17, 15) is 22.8 Å². The first-order valence-corrected chi connectivity index (χ1v) is 7.29. The zero-order valence-electron chi connectivity index (χ0n) is 13.5. The summed E-state index contributed by atoms with van der Waals surface area (Å²) in [6.45, 7) is -0.0544. The highest BCUT2D eigenvalue weighted by Crippen LogP contribution is 2.18.